The second kappa shape index (κ2) is 8.24. The molecule has 0 fully saturated rings. The van der Waals surface area contributed by atoms with Gasteiger partial charge in [-0.1, -0.05) is 12.1 Å². The van der Waals surface area contributed by atoms with Crippen LogP contribution in [0.5, 0.6) is 5.75 Å². The second-order valence-electron chi connectivity index (χ2n) is 4.92. The average Bonchev–Trinajstić information content (AvgIpc) is 2.53. The lowest BCUT2D eigenvalue weighted by Crippen LogP contribution is -2.27. The summed E-state index contributed by atoms with van der Waals surface area (Å²) in [5, 5.41) is 11.2. The van der Waals surface area contributed by atoms with E-state index in [9.17, 15) is 13.6 Å². The molecule has 0 saturated carbocycles. The number of benzene rings is 2. The van der Waals surface area contributed by atoms with Crippen LogP contribution in [0, 0.1) is 11.6 Å². The van der Waals surface area contributed by atoms with Gasteiger partial charge in [-0.2, -0.15) is 0 Å². The van der Waals surface area contributed by atoms with E-state index in [2.05, 4.69) is 5.32 Å². The Labute approximate surface area is 132 Å². The molecule has 0 aliphatic carbocycles. The number of hydrogen-bond acceptors (Lipinski definition) is 3. The molecule has 0 aliphatic rings. The molecule has 0 saturated heterocycles. The van der Waals surface area contributed by atoms with E-state index >= 15 is 0 Å². The minimum Gasteiger partial charge on any atom is -0.489 e. The van der Waals surface area contributed by atoms with E-state index in [1.54, 1.807) is 24.3 Å². The third-order valence-corrected chi connectivity index (χ3v) is 3.13. The number of amides is 1. The summed E-state index contributed by atoms with van der Waals surface area (Å²) < 4.78 is 31.7. The Morgan fingerprint density at radius 1 is 1.13 bits per heavy atom. The molecular weight excluding hydrogens is 304 g/mol. The summed E-state index contributed by atoms with van der Waals surface area (Å²) in [6.45, 7) is 0.115. The first kappa shape index (κ1) is 16.9. The SMILES string of the molecule is O=C(Cc1ccc(OCc2ccc(F)cc2F)cc1)NCCO. The average molecular weight is 321 g/mol. The summed E-state index contributed by atoms with van der Waals surface area (Å²) in [5.74, 6) is -0.938. The Bertz CT molecular complexity index is 659. The number of aliphatic hydroxyl groups is 1. The molecule has 0 aliphatic heterocycles. The molecular formula is C17H17F2NO3. The van der Waals surface area contributed by atoms with Crippen LogP contribution >= 0.6 is 0 Å². The van der Waals surface area contributed by atoms with Gasteiger partial charge in [0.15, 0.2) is 0 Å². The third kappa shape index (κ3) is 5.34. The van der Waals surface area contributed by atoms with Crippen molar-refractivity contribution in [2.75, 3.05) is 13.2 Å². The molecule has 2 N–H and O–H groups in total. The first-order chi connectivity index (χ1) is 11.1. The molecule has 122 valence electrons. The van der Waals surface area contributed by atoms with Crippen LogP contribution in [0.25, 0.3) is 0 Å². The Morgan fingerprint density at radius 3 is 2.52 bits per heavy atom. The summed E-state index contributed by atoms with van der Waals surface area (Å²) in [6, 6.07) is 10.1. The van der Waals surface area contributed by atoms with E-state index in [-0.39, 0.29) is 37.6 Å². The zero-order valence-electron chi connectivity index (χ0n) is 12.4. The minimum atomic E-state index is -0.651. The lowest BCUT2D eigenvalue weighted by atomic mass is 10.1. The molecule has 1 amide bonds. The van der Waals surface area contributed by atoms with E-state index in [1.807, 2.05) is 0 Å². The monoisotopic (exact) mass is 321 g/mol. The Kier molecular flexibility index (Phi) is 6.05. The predicted molar refractivity (Wildman–Crippen MR) is 80.9 cm³/mol. The molecule has 0 heterocycles. The Balaban J connectivity index is 1.88. The van der Waals surface area contributed by atoms with Gasteiger partial charge in [-0.15, -0.1) is 0 Å². The van der Waals surface area contributed by atoms with Crippen LogP contribution < -0.4 is 10.1 Å². The highest BCUT2D eigenvalue weighted by Crippen LogP contribution is 2.16. The van der Waals surface area contributed by atoms with Crippen LogP contribution in [0.15, 0.2) is 42.5 Å². The highest BCUT2D eigenvalue weighted by atomic mass is 19.1. The molecule has 0 aromatic heterocycles. The zero-order chi connectivity index (χ0) is 16.7. The van der Waals surface area contributed by atoms with Crippen LogP contribution in [0.4, 0.5) is 8.78 Å². The predicted octanol–water partition coefficient (Wildman–Crippen LogP) is 2.19. The largest absolute Gasteiger partial charge is 0.489 e. The first-order valence-electron chi connectivity index (χ1n) is 7.11. The van der Waals surface area contributed by atoms with Gasteiger partial charge in [0.05, 0.1) is 13.0 Å². The quantitative estimate of drug-likeness (QED) is 0.822. The molecule has 2 rings (SSSR count). The van der Waals surface area contributed by atoms with Crippen LogP contribution in [-0.2, 0) is 17.8 Å². The van der Waals surface area contributed by atoms with Gasteiger partial charge >= 0.3 is 0 Å². The lowest BCUT2D eigenvalue weighted by molar-refractivity contribution is -0.120. The van der Waals surface area contributed by atoms with Crippen molar-refractivity contribution in [2.24, 2.45) is 0 Å². The minimum absolute atomic E-state index is 0.0115. The lowest BCUT2D eigenvalue weighted by Gasteiger charge is -2.08. The molecule has 4 nitrogen and oxygen atoms in total. The smallest absolute Gasteiger partial charge is 0.224 e. The molecule has 0 atom stereocenters. The topological polar surface area (TPSA) is 58.6 Å². The van der Waals surface area contributed by atoms with Crippen LogP contribution in [0.3, 0.4) is 0 Å². The van der Waals surface area contributed by atoms with Gasteiger partial charge in [0.2, 0.25) is 5.91 Å². The Morgan fingerprint density at radius 2 is 1.87 bits per heavy atom. The van der Waals surface area contributed by atoms with Gasteiger partial charge in [0, 0.05) is 18.2 Å². The number of hydrogen-bond donors (Lipinski definition) is 2. The van der Waals surface area contributed by atoms with Gasteiger partial charge in [0.25, 0.3) is 0 Å². The van der Waals surface area contributed by atoms with Crippen LogP contribution in [0.1, 0.15) is 11.1 Å². The fourth-order valence-electron chi connectivity index (χ4n) is 1.95. The summed E-state index contributed by atoms with van der Waals surface area (Å²) in [4.78, 5) is 11.5. The summed E-state index contributed by atoms with van der Waals surface area (Å²) >= 11 is 0. The van der Waals surface area contributed by atoms with Crippen molar-refractivity contribution >= 4 is 5.91 Å². The maximum atomic E-state index is 13.5. The van der Waals surface area contributed by atoms with E-state index in [0.29, 0.717) is 5.75 Å². The van der Waals surface area contributed by atoms with Gasteiger partial charge < -0.3 is 15.2 Å². The second-order valence-corrected chi connectivity index (χ2v) is 4.92. The number of ether oxygens (including phenoxy) is 1. The number of aliphatic hydroxyl groups excluding tert-OH is 1. The van der Waals surface area contributed by atoms with Gasteiger partial charge in [0.1, 0.15) is 24.0 Å². The van der Waals surface area contributed by atoms with Crippen LogP contribution in [-0.4, -0.2) is 24.2 Å². The van der Waals surface area contributed by atoms with Crippen molar-refractivity contribution < 1.29 is 23.4 Å². The molecule has 2 aromatic carbocycles. The molecule has 2 aromatic rings. The molecule has 23 heavy (non-hydrogen) atoms. The highest BCUT2D eigenvalue weighted by Gasteiger charge is 2.06. The van der Waals surface area contributed by atoms with Crippen molar-refractivity contribution in [1.29, 1.82) is 0 Å². The van der Waals surface area contributed by atoms with Gasteiger partial charge in [-0.05, 0) is 29.8 Å². The molecule has 0 radical (unpaired) electrons. The number of nitrogens with one attached hydrogen (secondary N) is 1. The van der Waals surface area contributed by atoms with Crippen molar-refractivity contribution in [3.63, 3.8) is 0 Å². The van der Waals surface area contributed by atoms with E-state index in [1.165, 1.54) is 12.1 Å². The van der Waals surface area contributed by atoms with Gasteiger partial charge in [-0.25, -0.2) is 8.78 Å². The Hall–Kier alpha value is -2.47. The van der Waals surface area contributed by atoms with Crippen molar-refractivity contribution in [1.82, 2.24) is 5.32 Å². The number of halogens is 2. The standard InChI is InChI=1S/C17H17F2NO3/c18-14-4-3-13(16(19)10-14)11-23-15-5-1-12(2-6-15)9-17(22)20-7-8-21/h1-6,10,21H,7-9,11H2,(H,20,22). The number of rotatable bonds is 7. The summed E-state index contributed by atoms with van der Waals surface area (Å²) in [7, 11) is 0. The fourth-order valence-corrected chi connectivity index (χ4v) is 1.95. The van der Waals surface area contributed by atoms with Crippen molar-refractivity contribution in [2.45, 2.75) is 13.0 Å². The van der Waals surface area contributed by atoms with Crippen molar-refractivity contribution in [3.8, 4) is 5.75 Å². The molecule has 0 unspecified atom stereocenters. The van der Waals surface area contributed by atoms with E-state index in [0.717, 1.165) is 11.6 Å². The van der Waals surface area contributed by atoms with Crippen molar-refractivity contribution in [3.05, 3.63) is 65.2 Å². The number of carbonyl (C=O) groups is 1. The third-order valence-electron chi connectivity index (χ3n) is 3.13. The summed E-state index contributed by atoms with van der Waals surface area (Å²) in [6.07, 6.45) is 0.201. The van der Waals surface area contributed by atoms with Gasteiger partial charge in [-0.3, -0.25) is 4.79 Å². The molecule has 0 spiro atoms. The first-order valence-corrected chi connectivity index (χ1v) is 7.11. The molecule has 6 heteroatoms. The zero-order valence-corrected chi connectivity index (χ0v) is 12.4. The normalized spacial score (nSPS) is 10.4. The number of carbonyl (C=O) groups excluding carboxylic acids is 1. The maximum Gasteiger partial charge on any atom is 0.224 e. The van der Waals surface area contributed by atoms with E-state index < -0.39 is 11.6 Å². The maximum absolute atomic E-state index is 13.5. The molecule has 0 bridgehead atoms. The highest BCUT2D eigenvalue weighted by molar-refractivity contribution is 5.78. The fraction of sp³-hybridized carbons (Fsp3) is 0.235. The van der Waals surface area contributed by atoms with Crippen LogP contribution in [0.2, 0.25) is 0 Å². The summed E-state index contributed by atoms with van der Waals surface area (Å²) in [5.41, 5.74) is 1.06. The van der Waals surface area contributed by atoms with E-state index in [4.69, 9.17) is 9.84 Å².